The zero-order valence-electron chi connectivity index (χ0n) is 12.8. The average molecular weight is 322 g/mol. The topological polar surface area (TPSA) is 86.7 Å². The van der Waals surface area contributed by atoms with Crippen molar-refractivity contribution in [3.05, 3.63) is 57.6 Å². The lowest BCUT2D eigenvalue weighted by Gasteiger charge is -2.12. The van der Waals surface area contributed by atoms with E-state index in [9.17, 15) is 19.2 Å². The van der Waals surface area contributed by atoms with E-state index >= 15 is 0 Å². The first kappa shape index (κ1) is 14.3. The van der Waals surface area contributed by atoms with Gasteiger partial charge in [0.1, 0.15) is 0 Å². The molecule has 2 aromatic rings. The highest BCUT2D eigenvalue weighted by Crippen LogP contribution is 2.35. The maximum absolute atomic E-state index is 12.3. The summed E-state index contributed by atoms with van der Waals surface area (Å²) in [7, 11) is 0. The van der Waals surface area contributed by atoms with Crippen molar-refractivity contribution in [1.82, 2.24) is 0 Å². The summed E-state index contributed by atoms with van der Waals surface area (Å²) in [6.07, 6.45) is 0. The molecule has 0 unspecified atom stereocenters. The summed E-state index contributed by atoms with van der Waals surface area (Å²) < 4.78 is 9.71. The molecule has 0 saturated carbocycles. The number of hydrogen-bond donors (Lipinski definition) is 0. The van der Waals surface area contributed by atoms with Crippen LogP contribution in [-0.4, -0.2) is 23.9 Å². The van der Waals surface area contributed by atoms with E-state index in [1.54, 1.807) is 13.8 Å². The predicted octanol–water partition coefficient (Wildman–Crippen LogP) is 2.59. The Morgan fingerprint density at radius 2 is 0.792 bits per heavy atom. The minimum absolute atomic E-state index is 0.105. The molecule has 0 spiro atoms. The van der Waals surface area contributed by atoms with Crippen LogP contribution in [0.1, 0.15) is 52.6 Å². The highest BCUT2D eigenvalue weighted by molar-refractivity contribution is 6.17. The second-order valence-corrected chi connectivity index (χ2v) is 5.78. The SMILES string of the molecule is Cc1cc2c3cc1-c1cc(c(cc1C)C(=O)OC2=O)C(=O)OC3=O. The third kappa shape index (κ3) is 1.83. The molecule has 0 amide bonds. The first-order chi connectivity index (χ1) is 11.4. The summed E-state index contributed by atoms with van der Waals surface area (Å²) >= 11 is 0. The average Bonchev–Trinajstić information content (AvgIpc) is 2.53. The second kappa shape index (κ2) is 4.61. The van der Waals surface area contributed by atoms with Gasteiger partial charge >= 0.3 is 23.9 Å². The second-order valence-electron chi connectivity index (χ2n) is 5.78. The Bertz CT molecular complexity index is 920. The zero-order chi connectivity index (χ0) is 17.2. The molecule has 2 heterocycles. The summed E-state index contributed by atoms with van der Waals surface area (Å²) in [6, 6.07) is 5.92. The third-order valence-corrected chi connectivity index (χ3v) is 4.27. The monoisotopic (exact) mass is 322 g/mol. The molecule has 0 atom stereocenters. The Kier molecular flexibility index (Phi) is 2.75. The largest absolute Gasteiger partial charge is 0.386 e. The van der Waals surface area contributed by atoms with Crippen molar-refractivity contribution in [2.24, 2.45) is 0 Å². The van der Waals surface area contributed by atoms with E-state index in [0.29, 0.717) is 22.3 Å². The van der Waals surface area contributed by atoms with Gasteiger partial charge in [0.25, 0.3) is 0 Å². The highest BCUT2D eigenvalue weighted by atomic mass is 16.6. The summed E-state index contributed by atoms with van der Waals surface area (Å²) in [5.41, 5.74) is 2.38. The highest BCUT2D eigenvalue weighted by Gasteiger charge is 2.33. The fraction of sp³-hybridized carbons (Fsp3) is 0.111. The Morgan fingerprint density at radius 3 is 1.12 bits per heavy atom. The molecule has 0 saturated heterocycles. The number of hydrogen-bond acceptors (Lipinski definition) is 6. The van der Waals surface area contributed by atoms with Crippen LogP contribution in [0.3, 0.4) is 0 Å². The molecule has 0 aliphatic carbocycles. The predicted molar refractivity (Wildman–Crippen MR) is 80.8 cm³/mol. The van der Waals surface area contributed by atoms with E-state index in [0.717, 1.165) is 0 Å². The minimum atomic E-state index is -0.954. The molecule has 2 aromatic carbocycles. The van der Waals surface area contributed by atoms with Crippen molar-refractivity contribution >= 4 is 23.9 Å². The van der Waals surface area contributed by atoms with Gasteiger partial charge in [-0.05, 0) is 60.4 Å². The summed E-state index contributed by atoms with van der Waals surface area (Å²) in [5, 5.41) is 0. The molecule has 4 rings (SSSR count). The van der Waals surface area contributed by atoms with Crippen LogP contribution in [0, 0.1) is 13.8 Å². The lowest BCUT2D eigenvalue weighted by Crippen LogP contribution is -2.23. The molecule has 0 radical (unpaired) electrons. The molecular formula is C18H10O6. The van der Waals surface area contributed by atoms with Crippen molar-refractivity contribution in [3.8, 4) is 11.1 Å². The van der Waals surface area contributed by atoms with E-state index in [-0.39, 0.29) is 22.3 Å². The van der Waals surface area contributed by atoms with E-state index in [1.165, 1.54) is 24.3 Å². The smallest absolute Gasteiger partial charge is 0.346 e. The first-order valence-corrected chi connectivity index (χ1v) is 7.19. The van der Waals surface area contributed by atoms with Crippen molar-refractivity contribution in [2.75, 3.05) is 0 Å². The van der Waals surface area contributed by atoms with Crippen LogP contribution in [0.2, 0.25) is 0 Å². The molecule has 4 bridgehead atoms. The molecule has 0 N–H and O–H groups in total. The maximum Gasteiger partial charge on any atom is 0.346 e. The van der Waals surface area contributed by atoms with Gasteiger partial charge in [-0.15, -0.1) is 0 Å². The Morgan fingerprint density at radius 1 is 0.500 bits per heavy atom. The number of carbonyl (C=O) groups is 4. The third-order valence-electron chi connectivity index (χ3n) is 4.27. The van der Waals surface area contributed by atoms with Crippen LogP contribution in [0.15, 0.2) is 24.3 Å². The number of aryl methyl sites for hydroxylation is 2. The lowest BCUT2D eigenvalue weighted by molar-refractivity contribution is 0.0334. The Labute approximate surface area is 136 Å². The van der Waals surface area contributed by atoms with Gasteiger partial charge in [-0.2, -0.15) is 0 Å². The van der Waals surface area contributed by atoms with Crippen molar-refractivity contribution in [1.29, 1.82) is 0 Å². The fourth-order valence-electron chi connectivity index (χ4n) is 3.06. The number of cyclic esters (lactones) is 2. The maximum atomic E-state index is 12.3. The van der Waals surface area contributed by atoms with Crippen LogP contribution in [-0.2, 0) is 9.47 Å². The van der Waals surface area contributed by atoms with E-state index in [1.807, 2.05) is 0 Å². The molecule has 6 heteroatoms. The van der Waals surface area contributed by atoms with Crippen LogP contribution < -0.4 is 0 Å². The molecule has 2 aliphatic heterocycles. The van der Waals surface area contributed by atoms with Gasteiger partial charge in [0.05, 0.1) is 22.3 Å². The Balaban J connectivity index is 2.25. The lowest BCUT2D eigenvalue weighted by atomic mass is 9.90. The van der Waals surface area contributed by atoms with Crippen LogP contribution in [0.5, 0.6) is 0 Å². The van der Waals surface area contributed by atoms with Gasteiger partial charge in [-0.25, -0.2) is 19.2 Å². The number of fused-ring (bicyclic) bond motifs is 5. The molecular weight excluding hydrogens is 312 g/mol. The normalized spacial score (nSPS) is 15.2. The Hall–Kier alpha value is -3.28. The van der Waals surface area contributed by atoms with Gasteiger partial charge in [0.15, 0.2) is 0 Å². The fourth-order valence-corrected chi connectivity index (χ4v) is 3.06. The number of carbonyl (C=O) groups excluding carboxylic acids is 4. The van der Waals surface area contributed by atoms with Crippen molar-refractivity contribution in [2.45, 2.75) is 13.8 Å². The summed E-state index contributed by atoms with van der Waals surface area (Å²) in [4.78, 5) is 49.3. The number of ether oxygens (including phenoxy) is 2. The number of esters is 4. The van der Waals surface area contributed by atoms with E-state index in [4.69, 9.17) is 9.47 Å². The van der Waals surface area contributed by atoms with Gasteiger partial charge in [-0.3, -0.25) is 0 Å². The van der Waals surface area contributed by atoms with Gasteiger partial charge in [-0.1, -0.05) is 0 Å². The molecule has 24 heavy (non-hydrogen) atoms. The van der Waals surface area contributed by atoms with Crippen LogP contribution in [0.25, 0.3) is 11.1 Å². The van der Waals surface area contributed by atoms with Gasteiger partial charge < -0.3 is 9.47 Å². The van der Waals surface area contributed by atoms with Crippen molar-refractivity contribution in [3.63, 3.8) is 0 Å². The standard InChI is InChI=1S/C18H10O6/c1-7-3-11-13-5-9(7)10-6-14(18(22)24-17(13)21)12(4-8(10)2)16(20)23-15(11)19/h3-6H,1-2H3. The van der Waals surface area contributed by atoms with E-state index in [2.05, 4.69) is 0 Å². The molecule has 0 aromatic heterocycles. The van der Waals surface area contributed by atoms with Crippen molar-refractivity contribution < 1.29 is 28.7 Å². The first-order valence-electron chi connectivity index (χ1n) is 7.19. The number of benzene rings is 2. The number of rotatable bonds is 0. The summed E-state index contributed by atoms with van der Waals surface area (Å²) in [5.74, 6) is -3.81. The van der Waals surface area contributed by atoms with Crippen LogP contribution in [0.4, 0.5) is 0 Å². The molecule has 0 fully saturated rings. The molecule has 6 nitrogen and oxygen atoms in total. The van der Waals surface area contributed by atoms with Gasteiger partial charge in [0.2, 0.25) is 0 Å². The quantitative estimate of drug-likeness (QED) is 0.547. The zero-order valence-corrected chi connectivity index (χ0v) is 12.8. The summed E-state index contributed by atoms with van der Waals surface area (Å²) in [6.45, 7) is 3.54. The van der Waals surface area contributed by atoms with E-state index < -0.39 is 23.9 Å². The van der Waals surface area contributed by atoms with Gasteiger partial charge in [0, 0.05) is 0 Å². The van der Waals surface area contributed by atoms with Crippen LogP contribution >= 0.6 is 0 Å². The molecule has 118 valence electrons. The minimum Gasteiger partial charge on any atom is -0.386 e. The molecule has 2 aliphatic rings.